The van der Waals surface area contributed by atoms with E-state index in [2.05, 4.69) is 9.97 Å². The summed E-state index contributed by atoms with van der Waals surface area (Å²) in [7, 11) is 0. The molecule has 1 heterocycles. The van der Waals surface area contributed by atoms with E-state index in [1.807, 2.05) is 0 Å². The van der Waals surface area contributed by atoms with Gasteiger partial charge in [0.2, 0.25) is 5.88 Å². The predicted octanol–water partition coefficient (Wildman–Crippen LogP) is 2.04. The SMILES string of the molecule is NCc1ccc(Oc2cc(=O)[nH]c(C3CC3)n2)cc1F. The summed E-state index contributed by atoms with van der Waals surface area (Å²) in [6, 6.07) is 5.65. The van der Waals surface area contributed by atoms with Gasteiger partial charge in [0.05, 0.1) is 6.07 Å². The smallest absolute Gasteiger partial charge is 0.254 e. The fourth-order valence-corrected chi connectivity index (χ4v) is 1.93. The standard InChI is InChI=1S/C14H14FN3O2/c15-11-5-10(4-3-9(11)7-16)20-13-6-12(19)17-14(18-13)8-1-2-8/h3-6,8H,1-2,7,16H2,(H,17,18,19). The van der Waals surface area contributed by atoms with E-state index >= 15 is 0 Å². The third kappa shape index (κ3) is 2.70. The lowest BCUT2D eigenvalue weighted by molar-refractivity contribution is 0.452. The Hall–Kier alpha value is -2.21. The summed E-state index contributed by atoms with van der Waals surface area (Å²) in [5.74, 6) is 0.974. The number of ether oxygens (including phenoxy) is 1. The number of hydrogen-bond acceptors (Lipinski definition) is 4. The van der Waals surface area contributed by atoms with Gasteiger partial charge >= 0.3 is 0 Å². The molecule has 1 aliphatic carbocycles. The van der Waals surface area contributed by atoms with E-state index in [0.717, 1.165) is 12.8 Å². The van der Waals surface area contributed by atoms with Crippen molar-refractivity contribution in [3.63, 3.8) is 0 Å². The normalized spacial score (nSPS) is 14.3. The monoisotopic (exact) mass is 275 g/mol. The number of hydrogen-bond donors (Lipinski definition) is 2. The summed E-state index contributed by atoms with van der Waals surface area (Å²) < 4.78 is 19.0. The number of nitrogens with zero attached hydrogens (tertiary/aromatic N) is 1. The molecule has 0 saturated heterocycles. The van der Waals surface area contributed by atoms with E-state index in [0.29, 0.717) is 23.1 Å². The molecule has 5 nitrogen and oxygen atoms in total. The first-order valence-electron chi connectivity index (χ1n) is 6.43. The summed E-state index contributed by atoms with van der Waals surface area (Å²) in [4.78, 5) is 18.5. The zero-order valence-corrected chi connectivity index (χ0v) is 10.7. The van der Waals surface area contributed by atoms with Crippen molar-refractivity contribution in [2.24, 2.45) is 5.73 Å². The highest BCUT2D eigenvalue weighted by Crippen LogP contribution is 2.38. The van der Waals surface area contributed by atoms with Crippen LogP contribution in [0.25, 0.3) is 0 Å². The van der Waals surface area contributed by atoms with Gasteiger partial charge in [-0.3, -0.25) is 4.79 Å². The minimum Gasteiger partial charge on any atom is -0.439 e. The maximum atomic E-state index is 13.6. The molecule has 0 atom stereocenters. The minimum absolute atomic E-state index is 0.126. The molecule has 0 aliphatic heterocycles. The summed E-state index contributed by atoms with van der Waals surface area (Å²) in [5, 5.41) is 0. The third-order valence-corrected chi connectivity index (χ3v) is 3.17. The highest BCUT2D eigenvalue weighted by atomic mass is 19.1. The number of nitrogens with two attached hydrogens (primary N) is 1. The first-order valence-corrected chi connectivity index (χ1v) is 6.43. The molecule has 1 aromatic carbocycles. The number of halogens is 1. The Labute approximate surface area is 114 Å². The Morgan fingerprint density at radius 2 is 2.20 bits per heavy atom. The van der Waals surface area contributed by atoms with E-state index in [4.69, 9.17) is 10.5 Å². The zero-order chi connectivity index (χ0) is 14.1. The van der Waals surface area contributed by atoms with Crippen LogP contribution in [-0.2, 0) is 6.54 Å². The van der Waals surface area contributed by atoms with Crippen LogP contribution >= 0.6 is 0 Å². The van der Waals surface area contributed by atoms with Gasteiger partial charge < -0.3 is 15.5 Å². The van der Waals surface area contributed by atoms with Crippen LogP contribution in [0.1, 0.15) is 30.1 Å². The first kappa shape index (κ1) is 12.8. The summed E-state index contributed by atoms with van der Waals surface area (Å²) in [6.07, 6.45) is 2.04. The lowest BCUT2D eigenvalue weighted by atomic mass is 10.2. The molecule has 0 amide bonds. The van der Waals surface area contributed by atoms with Crippen molar-refractivity contribution in [1.82, 2.24) is 9.97 Å². The van der Waals surface area contributed by atoms with Gasteiger partial charge in [-0.1, -0.05) is 6.07 Å². The highest BCUT2D eigenvalue weighted by molar-refractivity contribution is 5.31. The van der Waals surface area contributed by atoms with E-state index in [9.17, 15) is 9.18 Å². The lowest BCUT2D eigenvalue weighted by Gasteiger charge is -2.07. The van der Waals surface area contributed by atoms with Gasteiger partial charge in [0, 0.05) is 24.1 Å². The molecule has 0 unspecified atom stereocenters. The zero-order valence-electron chi connectivity index (χ0n) is 10.7. The largest absolute Gasteiger partial charge is 0.439 e. The molecule has 1 saturated carbocycles. The second-order valence-electron chi connectivity index (χ2n) is 4.80. The molecule has 3 rings (SSSR count). The molecule has 0 bridgehead atoms. The van der Waals surface area contributed by atoms with Gasteiger partial charge in [-0.2, -0.15) is 4.98 Å². The van der Waals surface area contributed by atoms with Crippen LogP contribution in [-0.4, -0.2) is 9.97 Å². The van der Waals surface area contributed by atoms with Crippen LogP contribution in [0.2, 0.25) is 0 Å². The molecule has 3 N–H and O–H groups in total. The number of H-pyrrole nitrogens is 1. The minimum atomic E-state index is -0.433. The van der Waals surface area contributed by atoms with Gasteiger partial charge in [-0.15, -0.1) is 0 Å². The van der Waals surface area contributed by atoms with Crippen molar-refractivity contribution < 1.29 is 9.13 Å². The molecule has 2 aromatic rings. The van der Waals surface area contributed by atoms with E-state index in [1.54, 1.807) is 12.1 Å². The summed E-state index contributed by atoms with van der Waals surface area (Å²) >= 11 is 0. The van der Waals surface area contributed by atoms with Crippen molar-refractivity contribution in [2.45, 2.75) is 25.3 Å². The number of aromatic nitrogens is 2. The molecular weight excluding hydrogens is 261 g/mol. The molecule has 1 fully saturated rings. The maximum Gasteiger partial charge on any atom is 0.254 e. The van der Waals surface area contributed by atoms with Gasteiger partial charge in [0.25, 0.3) is 5.56 Å². The molecular formula is C14H14FN3O2. The van der Waals surface area contributed by atoms with Crippen LogP contribution in [0, 0.1) is 5.82 Å². The number of aromatic amines is 1. The second kappa shape index (κ2) is 5.05. The quantitative estimate of drug-likeness (QED) is 0.894. The highest BCUT2D eigenvalue weighted by Gasteiger charge is 2.26. The van der Waals surface area contributed by atoms with Crippen molar-refractivity contribution >= 4 is 0 Å². The van der Waals surface area contributed by atoms with Crippen LogP contribution in [0.5, 0.6) is 11.6 Å². The van der Waals surface area contributed by atoms with Gasteiger partial charge in [-0.05, 0) is 18.9 Å². The van der Waals surface area contributed by atoms with Gasteiger partial charge in [0.15, 0.2) is 0 Å². The third-order valence-electron chi connectivity index (χ3n) is 3.17. The molecule has 1 aliphatic rings. The molecule has 0 spiro atoms. The Balaban J connectivity index is 1.87. The topological polar surface area (TPSA) is 81.0 Å². The summed E-state index contributed by atoms with van der Waals surface area (Å²) in [5.41, 5.74) is 5.54. The first-order chi connectivity index (χ1) is 9.65. The Morgan fingerprint density at radius 3 is 2.85 bits per heavy atom. The van der Waals surface area contributed by atoms with Crippen molar-refractivity contribution in [2.75, 3.05) is 0 Å². The Kier molecular flexibility index (Phi) is 3.23. The van der Waals surface area contributed by atoms with E-state index in [-0.39, 0.29) is 18.0 Å². The number of benzene rings is 1. The van der Waals surface area contributed by atoms with Crippen LogP contribution in [0.4, 0.5) is 4.39 Å². The van der Waals surface area contributed by atoms with Gasteiger partial charge in [0.1, 0.15) is 17.4 Å². The molecule has 20 heavy (non-hydrogen) atoms. The Bertz CT molecular complexity index is 695. The van der Waals surface area contributed by atoms with Crippen molar-refractivity contribution in [3.8, 4) is 11.6 Å². The van der Waals surface area contributed by atoms with E-state index < -0.39 is 5.82 Å². The summed E-state index contributed by atoms with van der Waals surface area (Å²) in [6.45, 7) is 0.126. The fraction of sp³-hybridized carbons (Fsp3) is 0.286. The average Bonchev–Trinajstić information content (AvgIpc) is 3.22. The Morgan fingerprint density at radius 1 is 1.40 bits per heavy atom. The molecule has 6 heteroatoms. The van der Waals surface area contributed by atoms with E-state index in [1.165, 1.54) is 12.1 Å². The molecule has 104 valence electrons. The molecule has 1 aromatic heterocycles. The van der Waals surface area contributed by atoms with Crippen LogP contribution in [0.15, 0.2) is 29.1 Å². The van der Waals surface area contributed by atoms with Crippen molar-refractivity contribution in [3.05, 3.63) is 51.8 Å². The average molecular weight is 275 g/mol. The number of rotatable bonds is 4. The number of nitrogens with one attached hydrogen (secondary N) is 1. The fourth-order valence-electron chi connectivity index (χ4n) is 1.93. The van der Waals surface area contributed by atoms with Gasteiger partial charge in [-0.25, -0.2) is 4.39 Å². The lowest BCUT2D eigenvalue weighted by Crippen LogP contribution is -2.10. The van der Waals surface area contributed by atoms with Crippen LogP contribution < -0.4 is 16.0 Å². The van der Waals surface area contributed by atoms with Crippen molar-refractivity contribution in [1.29, 1.82) is 0 Å². The second-order valence-corrected chi connectivity index (χ2v) is 4.80. The maximum absolute atomic E-state index is 13.6. The molecule has 0 radical (unpaired) electrons. The van der Waals surface area contributed by atoms with Crippen LogP contribution in [0.3, 0.4) is 0 Å². The predicted molar refractivity (Wildman–Crippen MR) is 71.2 cm³/mol.